The molecule has 0 spiro atoms. The number of thioether (sulfide) groups is 1. The highest BCUT2D eigenvalue weighted by Crippen LogP contribution is 2.25. The normalized spacial score (nSPS) is 10.8. The highest BCUT2D eigenvalue weighted by atomic mass is 32.2. The van der Waals surface area contributed by atoms with Gasteiger partial charge >= 0.3 is 0 Å². The average Bonchev–Trinajstić information content (AvgIpc) is 3.13. The summed E-state index contributed by atoms with van der Waals surface area (Å²) in [6, 6.07) is 13.6. The molecule has 1 heterocycles. The van der Waals surface area contributed by atoms with E-state index in [0.717, 1.165) is 41.0 Å². The van der Waals surface area contributed by atoms with E-state index in [1.54, 1.807) is 0 Å². The van der Waals surface area contributed by atoms with Crippen LogP contribution in [0.2, 0.25) is 0 Å². The first-order valence-corrected chi connectivity index (χ1v) is 11.0. The summed E-state index contributed by atoms with van der Waals surface area (Å²) in [7, 11) is 0. The standard InChI is InChI=1S/C22H27N5O2S/c1-4-15-8-7-9-16(5-2)20(15)24-19(28)14-30-22-26-25-21(27(22)23)17-10-12-18(13-11-17)29-6-3/h7-13H,4-6,14,23H2,1-3H3,(H,24,28). The number of nitrogens with two attached hydrogens (primary N) is 1. The fourth-order valence-electron chi connectivity index (χ4n) is 3.15. The summed E-state index contributed by atoms with van der Waals surface area (Å²) in [6.45, 7) is 6.71. The van der Waals surface area contributed by atoms with Gasteiger partial charge in [-0.1, -0.05) is 43.8 Å². The summed E-state index contributed by atoms with van der Waals surface area (Å²) in [4.78, 5) is 12.6. The predicted octanol–water partition coefficient (Wildman–Crippen LogP) is 3.91. The van der Waals surface area contributed by atoms with E-state index in [9.17, 15) is 4.79 Å². The molecule has 8 heteroatoms. The molecular weight excluding hydrogens is 398 g/mol. The van der Waals surface area contributed by atoms with Crippen molar-refractivity contribution in [2.24, 2.45) is 0 Å². The monoisotopic (exact) mass is 425 g/mol. The van der Waals surface area contributed by atoms with E-state index in [1.165, 1.54) is 16.4 Å². The predicted molar refractivity (Wildman–Crippen MR) is 121 cm³/mol. The first-order valence-electron chi connectivity index (χ1n) is 10.0. The summed E-state index contributed by atoms with van der Waals surface area (Å²) in [5.74, 6) is 7.59. The molecular formula is C22H27N5O2S. The zero-order chi connectivity index (χ0) is 21.5. The summed E-state index contributed by atoms with van der Waals surface area (Å²) < 4.78 is 6.86. The smallest absolute Gasteiger partial charge is 0.234 e. The van der Waals surface area contributed by atoms with Crippen LogP contribution in [0.3, 0.4) is 0 Å². The second-order valence-corrected chi connectivity index (χ2v) is 7.57. The Morgan fingerprint density at radius 3 is 2.33 bits per heavy atom. The first-order chi connectivity index (χ1) is 14.6. The zero-order valence-electron chi connectivity index (χ0n) is 17.5. The van der Waals surface area contributed by atoms with Gasteiger partial charge in [0.1, 0.15) is 5.75 Å². The number of nitrogens with one attached hydrogen (secondary N) is 1. The minimum absolute atomic E-state index is 0.0961. The largest absolute Gasteiger partial charge is 0.494 e. The minimum Gasteiger partial charge on any atom is -0.494 e. The summed E-state index contributed by atoms with van der Waals surface area (Å²) in [5.41, 5.74) is 4.01. The molecule has 0 saturated heterocycles. The van der Waals surface area contributed by atoms with Gasteiger partial charge in [-0.15, -0.1) is 10.2 Å². The Kier molecular flexibility index (Phi) is 7.35. The molecule has 0 bridgehead atoms. The third kappa shape index (κ3) is 4.94. The van der Waals surface area contributed by atoms with Gasteiger partial charge in [0, 0.05) is 11.3 Å². The molecule has 3 N–H and O–H groups in total. The van der Waals surface area contributed by atoms with Crippen LogP contribution in [0.1, 0.15) is 31.9 Å². The molecule has 0 aliphatic carbocycles. The number of rotatable bonds is 9. The number of benzene rings is 2. The van der Waals surface area contributed by atoms with E-state index in [4.69, 9.17) is 10.6 Å². The lowest BCUT2D eigenvalue weighted by Crippen LogP contribution is -2.18. The number of amides is 1. The number of nitrogens with zero attached hydrogens (tertiary/aromatic N) is 3. The topological polar surface area (TPSA) is 95.1 Å². The molecule has 0 fully saturated rings. The highest BCUT2D eigenvalue weighted by Gasteiger charge is 2.15. The Morgan fingerprint density at radius 1 is 1.07 bits per heavy atom. The number of ether oxygens (including phenoxy) is 1. The van der Waals surface area contributed by atoms with Crippen LogP contribution in [0, 0.1) is 0 Å². The van der Waals surface area contributed by atoms with Gasteiger partial charge < -0.3 is 15.9 Å². The first kappa shape index (κ1) is 21.7. The maximum Gasteiger partial charge on any atom is 0.234 e. The summed E-state index contributed by atoms with van der Waals surface area (Å²) >= 11 is 1.26. The molecule has 0 aliphatic rings. The van der Waals surface area contributed by atoms with Crippen LogP contribution in [0.15, 0.2) is 47.6 Å². The van der Waals surface area contributed by atoms with Crippen LogP contribution < -0.4 is 15.9 Å². The lowest BCUT2D eigenvalue weighted by Gasteiger charge is -2.14. The summed E-state index contributed by atoms with van der Waals surface area (Å²) in [6.07, 6.45) is 1.72. The molecule has 3 rings (SSSR count). The van der Waals surface area contributed by atoms with Crippen molar-refractivity contribution in [3.63, 3.8) is 0 Å². The van der Waals surface area contributed by atoms with Crippen LogP contribution >= 0.6 is 11.8 Å². The Hall–Kier alpha value is -3.00. The van der Waals surface area contributed by atoms with Crippen molar-refractivity contribution in [3.8, 4) is 17.1 Å². The zero-order valence-corrected chi connectivity index (χ0v) is 18.3. The van der Waals surface area contributed by atoms with E-state index in [2.05, 4.69) is 29.4 Å². The molecule has 0 aliphatic heterocycles. The number of carbonyl (C=O) groups excluding carboxylic acids is 1. The lowest BCUT2D eigenvalue weighted by atomic mass is 10.0. The maximum absolute atomic E-state index is 12.6. The molecule has 1 aromatic heterocycles. The molecule has 2 aromatic carbocycles. The second-order valence-electron chi connectivity index (χ2n) is 6.63. The SMILES string of the molecule is CCOc1ccc(-c2nnc(SCC(=O)Nc3c(CC)cccc3CC)n2N)cc1. The van der Waals surface area contributed by atoms with Gasteiger partial charge in [-0.25, -0.2) is 4.68 Å². The number of aryl methyl sites for hydroxylation is 2. The Bertz CT molecular complexity index is 979. The molecule has 7 nitrogen and oxygen atoms in total. The molecule has 30 heavy (non-hydrogen) atoms. The van der Waals surface area contributed by atoms with Gasteiger partial charge in [0.2, 0.25) is 11.1 Å². The van der Waals surface area contributed by atoms with Crippen molar-refractivity contribution < 1.29 is 9.53 Å². The van der Waals surface area contributed by atoms with E-state index in [-0.39, 0.29) is 11.7 Å². The number of nitrogen functional groups attached to an aromatic ring is 1. The van der Waals surface area contributed by atoms with Crippen LogP contribution in [0.25, 0.3) is 11.4 Å². The molecule has 0 unspecified atom stereocenters. The fourth-order valence-corrected chi connectivity index (χ4v) is 3.80. The maximum atomic E-state index is 12.6. The Labute approximate surface area is 181 Å². The van der Waals surface area contributed by atoms with Gasteiger partial charge in [0.25, 0.3) is 0 Å². The number of para-hydroxylation sites is 1. The minimum atomic E-state index is -0.0961. The van der Waals surface area contributed by atoms with Crippen molar-refractivity contribution in [3.05, 3.63) is 53.6 Å². The second kappa shape index (κ2) is 10.2. The Balaban J connectivity index is 1.66. The van der Waals surface area contributed by atoms with Crippen molar-refractivity contribution in [2.45, 2.75) is 38.8 Å². The van der Waals surface area contributed by atoms with Crippen LogP contribution in [0.4, 0.5) is 5.69 Å². The van der Waals surface area contributed by atoms with Crippen LogP contribution in [-0.4, -0.2) is 33.1 Å². The van der Waals surface area contributed by atoms with E-state index < -0.39 is 0 Å². The number of aromatic nitrogens is 3. The average molecular weight is 426 g/mol. The van der Waals surface area contributed by atoms with Gasteiger partial charge in [-0.2, -0.15) is 0 Å². The van der Waals surface area contributed by atoms with Gasteiger partial charge in [-0.3, -0.25) is 4.79 Å². The van der Waals surface area contributed by atoms with Gasteiger partial charge in [-0.05, 0) is 55.2 Å². The van der Waals surface area contributed by atoms with E-state index in [1.807, 2.05) is 49.4 Å². The lowest BCUT2D eigenvalue weighted by molar-refractivity contribution is -0.113. The van der Waals surface area contributed by atoms with Crippen molar-refractivity contribution in [1.29, 1.82) is 0 Å². The quantitative estimate of drug-likeness (QED) is 0.399. The third-order valence-corrected chi connectivity index (χ3v) is 5.63. The van der Waals surface area contributed by atoms with Gasteiger partial charge in [0.15, 0.2) is 5.82 Å². The van der Waals surface area contributed by atoms with Crippen molar-refractivity contribution >= 4 is 23.4 Å². The van der Waals surface area contributed by atoms with Gasteiger partial charge in [0.05, 0.1) is 12.4 Å². The number of anilines is 1. The summed E-state index contributed by atoms with van der Waals surface area (Å²) in [5, 5.41) is 11.8. The molecule has 0 radical (unpaired) electrons. The van der Waals surface area contributed by atoms with E-state index >= 15 is 0 Å². The molecule has 3 aromatic rings. The number of carbonyl (C=O) groups is 1. The Morgan fingerprint density at radius 2 is 1.73 bits per heavy atom. The third-order valence-electron chi connectivity index (χ3n) is 4.68. The number of hydrogen-bond donors (Lipinski definition) is 2. The highest BCUT2D eigenvalue weighted by molar-refractivity contribution is 7.99. The van der Waals surface area contributed by atoms with Crippen molar-refractivity contribution in [2.75, 3.05) is 23.5 Å². The fraction of sp³-hybridized carbons (Fsp3) is 0.318. The molecule has 0 atom stereocenters. The molecule has 1 amide bonds. The molecule has 0 saturated carbocycles. The number of hydrogen-bond acceptors (Lipinski definition) is 6. The van der Waals surface area contributed by atoms with E-state index in [0.29, 0.717) is 17.6 Å². The van der Waals surface area contributed by atoms with Crippen LogP contribution in [0.5, 0.6) is 5.75 Å². The molecule has 158 valence electrons. The van der Waals surface area contributed by atoms with Crippen molar-refractivity contribution in [1.82, 2.24) is 14.9 Å². The van der Waals surface area contributed by atoms with Crippen LogP contribution in [-0.2, 0) is 17.6 Å².